The summed E-state index contributed by atoms with van der Waals surface area (Å²) in [5.74, 6) is -1.89. The van der Waals surface area contributed by atoms with Gasteiger partial charge in [0, 0.05) is 22.9 Å². The van der Waals surface area contributed by atoms with Crippen molar-refractivity contribution in [3.8, 4) is 11.1 Å². The second-order valence-corrected chi connectivity index (χ2v) is 11.0. The fourth-order valence-electron chi connectivity index (χ4n) is 5.17. The number of fused-ring (bicyclic) bond motifs is 2. The Morgan fingerprint density at radius 1 is 0.975 bits per heavy atom. The summed E-state index contributed by atoms with van der Waals surface area (Å²) in [6.07, 6.45) is 2.35. The number of carbonyl (C=O) groups is 3. The molecule has 2 aromatic heterocycles. The molecule has 206 valence electrons. The lowest BCUT2D eigenvalue weighted by Crippen LogP contribution is -2.33. The van der Waals surface area contributed by atoms with E-state index in [4.69, 9.17) is 9.47 Å². The second kappa shape index (κ2) is 11.1. The number of rotatable bonds is 6. The highest BCUT2D eigenvalue weighted by molar-refractivity contribution is 7.17. The fourth-order valence-corrected chi connectivity index (χ4v) is 6.45. The third kappa shape index (κ3) is 4.93. The molecule has 2 heterocycles. The Hall–Kier alpha value is -4.24. The molecular formula is C31H30N2O6S. The molecule has 9 heteroatoms. The molecule has 0 fully saturated rings. The highest BCUT2D eigenvalue weighted by atomic mass is 32.1. The van der Waals surface area contributed by atoms with Crippen molar-refractivity contribution < 1.29 is 23.9 Å². The van der Waals surface area contributed by atoms with E-state index in [2.05, 4.69) is 5.32 Å². The molecule has 1 amide bonds. The van der Waals surface area contributed by atoms with Crippen LogP contribution in [0.4, 0.5) is 5.00 Å². The van der Waals surface area contributed by atoms with Gasteiger partial charge in [0.05, 0.1) is 12.7 Å². The van der Waals surface area contributed by atoms with Gasteiger partial charge in [-0.3, -0.25) is 9.59 Å². The molecule has 1 atom stereocenters. The molecule has 0 saturated carbocycles. The Morgan fingerprint density at radius 3 is 2.35 bits per heavy atom. The highest BCUT2D eigenvalue weighted by Gasteiger charge is 2.30. The van der Waals surface area contributed by atoms with E-state index in [1.54, 1.807) is 18.2 Å². The molecule has 1 N–H and O–H groups in total. The van der Waals surface area contributed by atoms with Crippen molar-refractivity contribution in [2.75, 3.05) is 12.4 Å². The van der Waals surface area contributed by atoms with Gasteiger partial charge >= 0.3 is 11.9 Å². The first kappa shape index (κ1) is 27.3. The lowest BCUT2D eigenvalue weighted by Gasteiger charge is -2.19. The topological polar surface area (TPSA) is 104 Å². The van der Waals surface area contributed by atoms with Crippen LogP contribution in [0.5, 0.6) is 0 Å². The van der Waals surface area contributed by atoms with Crippen LogP contribution in [-0.2, 0) is 34.2 Å². The van der Waals surface area contributed by atoms with Gasteiger partial charge in [0.1, 0.15) is 10.7 Å². The third-order valence-electron chi connectivity index (χ3n) is 7.29. The quantitative estimate of drug-likeness (QED) is 0.317. The second-order valence-electron chi connectivity index (χ2n) is 9.94. The lowest BCUT2D eigenvalue weighted by atomic mass is 9.95. The number of thiophene rings is 1. The van der Waals surface area contributed by atoms with Gasteiger partial charge in [0.2, 0.25) is 0 Å². The molecule has 5 rings (SSSR count). The zero-order valence-corrected chi connectivity index (χ0v) is 23.6. The summed E-state index contributed by atoms with van der Waals surface area (Å²) in [6, 6.07) is 14.7. The average molecular weight is 559 g/mol. The van der Waals surface area contributed by atoms with Gasteiger partial charge in [-0.05, 0) is 62.1 Å². The number of pyridine rings is 1. The van der Waals surface area contributed by atoms with Crippen molar-refractivity contribution in [3.63, 3.8) is 0 Å². The predicted octanol–water partition coefficient (Wildman–Crippen LogP) is 5.42. The van der Waals surface area contributed by atoms with Gasteiger partial charge in [-0.25, -0.2) is 9.59 Å². The minimum atomic E-state index is -1.20. The van der Waals surface area contributed by atoms with E-state index >= 15 is 0 Å². The van der Waals surface area contributed by atoms with E-state index < -0.39 is 23.9 Å². The number of nitrogens with zero attached hydrogens (tertiary/aromatic N) is 1. The zero-order chi connectivity index (χ0) is 28.6. The van der Waals surface area contributed by atoms with Crippen LogP contribution < -0.4 is 10.9 Å². The Kier molecular flexibility index (Phi) is 7.58. The normalized spacial score (nSPS) is 13.4. The van der Waals surface area contributed by atoms with Crippen molar-refractivity contribution >= 4 is 45.0 Å². The summed E-state index contributed by atoms with van der Waals surface area (Å²) in [7, 11) is 2.83. The highest BCUT2D eigenvalue weighted by Crippen LogP contribution is 2.39. The van der Waals surface area contributed by atoms with Crippen LogP contribution in [-0.4, -0.2) is 35.6 Å². The number of carbonyl (C=O) groups excluding carboxylic acids is 3. The third-order valence-corrected chi connectivity index (χ3v) is 8.50. The maximum absolute atomic E-state index is 13.6. The van der Waals surface area contributed by atoms with Crippen LogP contribution in [0, 0.1) is 6.92 Å². The smallest absolute Gasteiger partial charge is 0.356 e. The number of aromatic nitrogens is 1. The first-order valence-electron chi connectivity index (χ1n) is 13.1. The molecular weight excluding hydrogens is 528 g/mol. The summed E-state index contributed by atoms with van der Waals surface area (Å²) in [4.78, 5) is 53.7. The van der Waals surface area contributed by atoms with Gasteiger partial charge < -0.3 is 19.4 Å². The molecule has 1 aliphatic rings. The molecule has 0 aliphatic heterocycles. The van der Waals surface area contributed by atoms with Gasteiger partial charge in [-0.1, -0.05) is 48.0 Å². The number of benzene rings is 2. The molecule has 1 aliphatic carbocycles. The molecule has 0 radical (unpaired) electrons. The van der Waals surface area contributed by atoms with Crippen LogP contribution in [0.1, 0.15) is 56.6 Å². The first-order valence-corrected chi connectivity index (χ1v) is 14.0. The van der Waals surface area contributed by atoms with Gasteiger partial charge in [0.25, 0.3) is 11.5 Å². The summed E-state index contributed by atoms with van der Waals surface area (Å²) in [5.41, 5.74) is 3.33. The lowest BCUT2D eigenvalue weighted by molar-refractivity contribution is -0.123. The summed E-state index contributed by atoms with van der Waals surface area (Å²) in [6.45, 7) is 3.43. The standard InChI is InChI=1S/C31H30N2O6S/c1-17-13-15-19(16-14-17)24-20-9-5-6-10-21(20)29(35)33(3)26(24)31(37)39-18(2)27(34)32-28-25(30(36)38-4)22-11-7-8-12-23(22)40-28/h5-6,9-10,13-16,18H,7-8,11-12H2,1-4H3,(H,32,34). The van der Waals surface area contributed by atoms with Crippen molar-refractivity contribution in [1.29, 1.82) is 0 Å². The average Bonchev–Trinajstić information content (AvgIpc) is 3.32. The molecule has 1 unspecified atom stereocenters. The number of amides is 1. The maximum Gasteiger partial charge on any atom is 0.356 e. The van der Waals surface area contributed by atoms with Crippen LogP contribution in [0.15, 0.2) is 53.3 Å². The maximum atomic E-state index is 13.6. The summed E-state index contributed by atoms with van der Waals surface area (Å²) >= 11 is 1.35. The number of nitrogens with one attached hydrogen (secondary N) is 1. The van der Waals surface area contributed by atoms with Crippen molar-refractivity contribution in [1.82, 2.24) is 4.57 Å². The van der Waals surface area contributed by atoms with Gasteiger partial charge in [-0.15, -0.1) is 11.3 Å². The number of esters is 2. The van der Waals surface area contributed by atoms with E-state index in [0.29, 0.717) is 26.9 Å². The Balaban J connectivity index is 1.48. The Bertz CT molecular complexity index is 1700. The molecule has 0 bridgehead atoms. The minimum Gasteiger partial charge on any atom is -0.465 e. The number of hydrogen-bond acceptors (Lipinski definition) is 7. The molecule has 2 aromatic carbocycles. The van der Waals surface area contributed by atoms with Crippen molar-refractivity contribution in [2.45, 2.75) is 45.6 Å². The molecule has 4 aromatic rings. The van der Waals surface area contributed by atoms with Crippen molar-refractivity contribution in [3.05, 3.63) is 86.1 Å². The Morgan fingerprint density at radius 2 is 1.65 bits per heavy atom. The van der Waals surface area contributed by atoms with Crippen LogP contribution in [0.3, 0.4) is 0 Å². The van der Waals surface area contributed by atoms with Crippen LogP contribution in [0.25, 0.3) is 21.9 Å². The molecule has 0 saturated heterocycles. The number of aryl methyl sites for hydroxylation is 2. The van der Waals surface area contributed by atoms with Gasteiger partial charge in [0.15, 0.2) is 6.10 Å². The molecule has 40 heavy (non-hydrogen) atoms. The van der Waals surface area contributed by atoms with Crippen molar-refractivity contribution in [2.24, 2.45) is 7.05 Å². The molecule has 8 nitrogen and oxygen atoms in total. The number of ether oxygens (including phenoxy) is 2. The van der Waals surface area contributed by atoms with E-state index in [1.165, 1.54) is 37.0 Å². The number of anilines is 1. The molecule has 0 spiro atoms. The van der Waals surface area contributed by atoms with E-state index in [1.807, 2.05) is 37.3 Å². The van der Waals surface area contributed by atoms with Gasteiger partial charge in [-0.2, -0.15) is 0 Å². The largest absolute Gasteiger partial charge is 0.465 e. The zero-order valence-electron chi connectivity index (χ0n) is 22.8. The Labute approximate surface area is 235 Å². The van der Waals surface area contributed by atoms with E-state index in [-0.39, 0.29) is 11.3 Å². The first-order chi connectivity index (χ1) is 19.2. The number of hydrogen-bond donors (Lipinski definition) is 1. The minimum absolute atomic E-state index is 0.0500. The summed E-state index contributed by atoms with van der Waals surface area (Å²) in [5, 5.41) is 4.26. The number of methoxy groups -OCH3 is 1. The monoisotopic (exact) mass is 558 g/mol. The van der Waals surface area contributed by atoms with E-state index in [0.717, 1.165) is 47.3 Å². The SMILES string of the molecule is COC(=O)c1c(NC(=O)C(C)OC(=O)c2c(-c3ccc(C)cc3)c3ccccc3c(=O)n2C)sc2c1CCCC2. The van der Waals surface area contributed by atoms with Crippen LogP contribution in [0.2, 0.25) is 0 Å². The van der Waals surface area contributed by atoms with Crippen LogP contribution >= 0.6 is 11.3 Å². The fraction of sp³-hybridized carbons (Fsp3) is 0.290. The summed E-state index contributed by atoms with van der Waals surface area (Å²) < 4.78 is 11.9. The predicted molar refractivity (Wildman–Crippen MR) is 155 cm³/mol. The van der Waals surface area contributed by atoms with E-state index in [9.17, 15) is 19.2 Å².